The maximum absolute atomic E-state index is 13.3. The molecule has 3 aromatic rings. The zero-order valence-electron chi connectivity index (χ0n) is 17.8. The van der Waals surface area contributed by atoms with E-state index in [0.717, 1.165) is 47.3 Å². The number of nitrogens with one attached hydrogen (secondary N) is 1. The number of anilines is 2. The normalized spacial score (nSPS) is 13.1. The number of aryl methyl sites for hydroxylation is 2. The fourth-order valence-electron chi connectivity index (χ4n) is 3.79. The third-order valence-corrected chi connectivity index (χ3v) is 7.51. The van der Waals surface area contributed by atoms with Gasteiger partial charge in [-0.05, 0) is 55.5 Å². The number of nitrogens with zero attached hydrogens (tertiary/aromatic N) is 3. The topological polar surface area (TPSA) is 67.2 Å². The molecule has 31 heavy (non-hydrogen) atoms. The minimum atomic E-state index is -0.132. The van der Waals surface area contributed by atoms with Crippen LogP contribution in [0.2, 0.25) is 0 Å². The molecule has 8 heteroatoms. The number of thiophene rings is 1. The lowest BCUT2D eigenvalue weighted by Crippen LogP contribution is -2.24. The number of carbonyl (C=O) groups is 1. The number of aromatic nitrogens is 2. The van der Waals surface area contributed by atoms with Crippen molar-refractivity contribution < 1.29 is 4.79 Å². The van der Waals surface area contributed by atoms with E-state index >= 15 is 0 Å². The molecule has 0 fully saturated rings. The number of allylic oxidation sites excluding steroid dienone is 1. The first-order chi connectivity index (χ1) is 15.0. The van der Waals surface area contributed by atoms with Crippen molar-refractivity contribution in [2.45, 2.75) is 37.4 Å². The van der Waals surface area contributed by atoms with Gasteiger partial charge < -0.3 is 10.2 Å². The Bertz CT molecular complexity index is 1180. The Labute approximate surface area is 190 Å². The highest BCUT2D eigenvalue weighted by Crippen LogP contribution is 2.34. The number of rotatable bonds is 7. The van der Waals surface area contributed by atoms with E-state index in [0.29, 0.717) is 11.7 Å². The van der Waals surface area contributed by atoms with Crippen molar-refractivity contribution in [1.29, 1.82) is 0 Å². The molecule has 0 spiro atoms. The van der Waals surface area contributed by atoms with Crippen molar-refractivity contribution >= 4 is 50.6 Å². The second-order valence-electron chi connectivity index (χ2n) is 7.77. The average Bonchev–Trinajstić information content (AvgIpc) is 3.13. The number of benzene rings is 1. The van der Waals surface area contributed by atoms with Gasteiger partial charge >= 0.3 is 0 Å². The van der Waals surface area contributed by atoms with E-state index in [1.807, 2.05) is 43.3 Å². The lowest BCUT2D eigenvalue weighted by molar-refractivity contribution is -0.113. The first-order valence-corrected chi connectivity index (χ1v) is 12.1. The molecule has 0 atom stereocenters. The molecule has 0 saturated heterocycles. The molecule has 0 radical (unpaired) electrons. The Morgan fingerprint density at radius 2 is 2.03 bits per heavy atom. The Kier molecular flexibility index (Phi) is 6.48. The van der Waals surface area contributed by atoms with Crippen LogP contribution in [0.15, 0.2) is 46.9 Å². The molecule has 1 N–H and O–H groups in total. The van der Waals surface area contributed by atoms with Crippen LogP contribution >= 0.6 is 23.1 Å². The van der Waals surface area contributed by atoms with Crippen LogP contribution in [0.3, 0.4) is 0 Å². The maximum Gasteiger partial charge on any atom is 0.263 e. The monoisotopic (exact) mass is 454 g/mol. The summed E-state index contributed by atoms with van der Waals surface area (Å²) in [7, 11) is 3.95. The number of carbonyl (C=O) groups excluding carboxylic acids is 1. The SMILES string of the molecule is C=CCn1c(SCC(=O)Nc2ccc(N(C)C)cc2)nc2sc3c(c2c1=O)CCCC3. The van der Waals surface area contributed by atoms with Gasteiger partial charge in [-0.1, -0.05) is 17.8 Å². The van der Waals surface area contributed by atoms with Gasteiger partial charge in [0.1, 0.15) is 4.83 Å². The summed E-state index contributed by atoms with van der Waals surface area (Å²) in [4.78, 5) is 34.6. The average molecular weight is 455 g/mol. The summed E-state index contributed by atoms with van der Waals surface area (Å²) in [6.07, 6.45) is 5.95. The molecule has 162 valence electrons. The van der Waals surface area contributed by atoms with Crippen LogP contribution in [0.4, 0.5) is 11.4 Å². The number of hydrogen-bond donors (Lipinski definition) is 1. The molecule has 1 amide bonds. The molecule has 1 aromatic carbocycles. The van der Waals surface area contributed by atoms with Gasteiger partial charge in [0.2, 0.25) is 5.91 Å². The minimum Gasteiger partial charge on any atom is -0.378 e. The van der Waals surface area contributed by atoms with Gasteiger partial charge in [0.05, 0.1) is 11.1 Å². The summed E-state index contributed by atoms with van der Waals surface area (Å²) in [5.41, 5.74) is 2.97. The number of thioether (sulfide) groups is 1. The van der Waals surface area contributed by atoms with E-state index in [2.05, 4.69) is 11.9 Å². The maximum atomic E-state index is 13.3. The summed E-state index contributed by atoms with van der Waals surface area (Å²) in [5.74, 6) is 0.0443. The van der Waals surface area contributed by atoms with Crippen molar-refractivity contribution in [1.82, 2.24) is 9.55 Å². The lowest BCUT2D eigenvalue weighted by Gasteiger charge is -2.13. The zero-order chi connectivity index (χ0) is 22.0. The Balaban J connectivity index is 1.54. The molecule has 2 heterocycles. The van der Waals surface area contributed by atoms with Crippen LogP contribution in [-0.4, -0.2) is 35.3 Å². The molecular formula is C23H26N4O2S2. The first-order valence-electron chi connectivity index (χ1n) is 10.3. The third kappa shape index (κ3) is 4.55. The Hall–Kier alpha value is -2.58. The molecule has 4 rings (SSSR count). The van der Waals surface area contributed by atoms with Crippen molar-refractivity contribution in [2.24, 2.45) is 0 Å². The summed E-state index contributed by atoms with van der Waals surface area (Å²) in [6.45, 7) is 4.16. The van der Waals surface area contributed by atoms with Crippen molar-refractivity contribution in [3.8, 4) is 0 Å². The highest BCUT2D eigenvalue weighted by atomic mass is 32.2. The van der Waals surface area contributed by atoms with Crippen LogP contribution in [-0.2, 0) is 24.2 Å². The van der Waals surface area contributed by atoms with Gasteiger partial charge in [-0.25, -0.2) is 4.98 Å². The Morgan fingerprint density at radius 1 is 1.29 bits per heavy atom. The molecule has 0 saturated carbocycles. The molecule has 2 aromatic heterocycles. The molecule has 0 aliphatic heterocycles. The second kappa shape index (κ2) is 9.28. The lowest BCUT2D eigenvalue weighted by atomic mass is 9.97. The number of amides is 1. The van der Waals surface area contributed by atoms with Crippen LogP contribution in [0, 0.1) is 0 Å². The highest BCUT2D eigenvalue weighted by molar-refractivity contribution is 7.99. The number of fused-ring (bicyclic) bond motifs is 3. The molecule has 0 unspecified atom stereocenters. The van der Waals surface area contributed by atoms with Crippen LogP contribution < -0.4 is 15.8 Å². The molecular weight excluding hydrogens is 428 g/mol. The van der Waals surface area contributed by atoms with E-state index in [1.54, 1.807) is 22.0 Å². The van der Waals surface area contributed by atoms with Gasteiger partial charge in [0, 0.05) is 36.9 Å². The third-order valence-electron chi connectivity index (χ3n) is 5.35. The predicted molar refractivity (Wildman–Crippen MR) is 131 cm³/mol. The molecule has 1 aliphatic rings. The van der Waals surface area contributed by atoms with Gasteiger partial charge in [-0.2, -0.15) is 0 Å². The van der Waals surface area contributed by atoms with Crippen molar-refractivity contribution in [3.63, 3.8) is 0 Å². The van der Waals surface area contributed by atoms with Crippen LogP contribution in [0.1, 0.15) is 23.3 Å². The Morgan fingerprint density at radius 3 is 2.74 bits per heavy atom. The fourth-order valence-corrected chi connectivity index (χ4v) is 5.90. The first kappa shape index (κ1) is 21.6. The van der Waals surface area contributed by atoms with Crippen LogP contribution in [0.25, 0.3) is 10.2 Å². The molecule has 1 aliphatic carbocycles. The van der Waals surface area contributed by atoms with Gasteiger partial charge in [0.15, 0.2) is 5.16 Å². The van der Waals surface area contributed by atoms with Crippen molar-refractivity contribution in [3.05, 3.63) is 57.7 Å². The van der Waals surface area contributed by atoms with Gasteiger partial charge in [0.25, 0.3) is 5.56 Å². The van der Waals surface area contributed by atoms with E-state index in [1.165, 1.54) is 22.2 Å². The quantitative estimate of drug-likeness (QED) is 0.327. The van der Waals surface area contributed by atoms with E-state index in [-0.39, 0.29) is 17.2 Å². The van der Waals surface area contributed by atoms with Gasteiger partial charge in [-0.3, -0.25) is 14.2 Å². The number of hydrogen-bond acceptors (Lipinski definition) is 6. The molecule has 0 bridgehead atoms. The van der Waals surface area contributed by atoms with Crippen molar-refractivity contribution in [2.75, 3.05) is 30.1 Å². The highest BCUT2D eigenvalue weighted by Gasteiger charge is 2.22. The smallest absolute Gasteiger partial charge is 0.263 e. The standard InChI is InChI=1S/C23H26N4O2S2/c1-4-13-27-22(29)20-17-7-5-6-8-18(17)31-21(20)25-23(27)30-14-19(28)24-15-9-11-16(12-10-15)26(2)3/h4,9-12H,1,5-8,13-14H2,2-3H3,(H,24,28). The minimum absolute atomic E-state index is 0.0218. The summed E-state index contributed by atoms with van der Waals surface area (Å²) in [5, 5.41) is 4.23. The fraction of sp³-hybridized carbons (Fsp3) is 0.348. The largest absolute Gasteiger partial charge is 0.378 e. The summed E-state index contributed by atoms with van der Waals surface area (Å²) < 4.78 is 1.64. The van der Waals surface area contributed by atoms with E-state index in [4.69, 9.17) is 4.98 Å². The van der Waals surface area contributed by atoms with E-state index < -0.39 is 0 Å². The second-order valence-corrected chi connectivity index (χ2v) is 9.79. The van der Waals surface area contributed by atoms with Gasteiger partial charge in [-0.15, -0.1) is 17.9 Å². The zero-order valence-corrected chi connectivity index (χ0v) is 19.4. The van der Waals surface area contributed by atoms with E-state index in [9.17, 15) is 9.59 Å². The van der Waals surface area contributed by atoms with Crippen LogP contribution in [0.5, 0.6) is 0 Å². The molecule has 6 nitrogen and oxygen atoms in total. The summed E-state index contributed by atoms with van der Waals surface area (Å²) >= 11 is 2.92. The predicted octanol–water partition coefficient (Wildman–Crippen LogP) is 4.32. The summed E-state index contributed by atoms with van der Waals surface area (Å²) in [6, 6.07) is 7.68.